The predicted octanol–water partition coefficient (Wildman–Crippen LogP) is 4.20. The Hall–Kier alpha value is -0.830. The van der Waals surface area contributed by atoms with Crippen LogP contribution in [0.1, 0.15) is 60.3 Å². The average molecular weight is 347 g/mol. The number of hydrogen-bond donors (Lipinski definition) is 0. The summed E-state index contributed by atoms with van der Waals surface area (Å²) < 4.78 is 0. The van der Waals surface area contributed by atoms with E-state index in [1.54, 1.807) is 0 Å². The number of nitrogens with zero attached hydrogens (tertiary/aromatic N) is 2. The van der Waals surface area contributed by atoms with Gasteiger partial charge in [-0.25, -0.2) is 0 Å². The molecule has 3 heteroatoms. The van der Waals surface area contributed by atoms with Crippen molar-refractivity contribution in [3.05, 3.63) is 11.6 Å². The third kappa shape index (κ3) is 4.30. The molecule has 1 amide bonds. The summed E-state index contributed by atoms with van der Waals surface area (Å²) in [6.07, 6.45) is 7.48. The molecule has 2 heterocycles. The van der Waals surface area contributed by atoms with Crippen molar-refractivity contribution >= 4 is 5.91 Å². The van der Waals surface area contributed by atoms with Gasteiger partial charge in [0.2, 0.25) is 5.91 Å². The molecule has 1 saturated carbocycles. The van der Waals surface area contributed by atoms with Gasteiger partial charge in [-0.2, -0.15) is 0 Å². The molecule has 0 unspecified atom stereocenters. The molecule has 0 aromatic rings. The Morgan fingerprint density at radius 1 is 1.12 bits per heavy atom. The van der Waals surface area contributed by atoms with Gasteiger partial charge in [0.25, 0.3) is 0 Å². The Morgan fingerprint density at radius 3 is 2.44 bits per heavy atom. The standard InChI is InChI=1S/C22H38N2O/c1-16(2)13-19-20(22(19,4)5)21(25)24-10-6-7-18(15-24)14-23-11-8-17(3)9-12-23/h13,17-20H,6-12,14-15H2,1-5H3/t18-,19-,20-/m1/s1. The van der Waals surface area contributed by atoms with Crippen molar-refractivity contribution in [2.45, 2.75) is 60.3 Å². The molecule has 0 aromatic heterocycles. The molecule has 3 rings (SSSR count). The van der Waals surface area contributed by atoms with Gasteiger partial charge in [-0.3, -0.25) is 4.79 Å². The Morgan fingerprint density at radius 2 is 1.80 bits per heavy atom. The van der Waals surface area contributed by atoms with E-state index in [1.165, 1.54) is 50.9 Å². The van der Waals surface area contributed by atoms with Crippen LogP contribution >= 0.6 is 0 Å². The molecule has 1 aliphatic carbocycles. The van der Waals surface area contributed by atoms with Crippen LogP contribution in [0.25, 0.3) is 0 Å². The first kappa shape index (κ1) is 18.9. The number of allylic oxidation sites excluding steroid dienone is 2. The number of amides is 1. The second-order valence-electron chi connectivity index (χ2n) is 9.84. The summed E-state index contributed by atoms with van der Waals surface area (Å²) >= 11 is 0. The molecule has 3 aliphatic rings. The summed E-state index contributed by atoms with van der Waals surface area (Å²) in [7, 11) is 0. The maximum atomic E-state index is 13.1. The highest BCUT2D eigenvalue weighted by molar-refractivity contribution is 5.84. The first-order chi connectivity index (χ1) is 11.8. The second-order valence-corrected chi connectivity index (χ2v) is 9.84. The van der Waals surface area contributed by atoms with Crippen molar-refractivity contribution in [2.75, 3.05) is 32.7 Å². The summed E-state index contributed by atoms with van der Waals surface area (Å²) in [5.74, 6) is 2.63. The minimum absolute atomic E-state index is 0.143. The van der Waals surface area contributed by atoms with Crippen molar-refractivity contribution in [2.24, 2.45) is 29.1 Å². The number of rotatable bonds is 4. The van der Waals surface area contributed by atoms with Gasteiger partial charge in [-0.05, 0) is 75.8 Å². The van der Waals surface area contributed by atoms with Crippen LogP contribution in [0, 0.1) is 29.1 Å². The molecule has 0 radical (unpaired) electrons. The fourth-order valence-electron chi connectivity index (χ4n) is 5.04. The monoisotopic (exact) mass is 346 g/mol. The number of likely N-dealkylation sites (tertiary alicyclic amines) is 2. The van der Waals surface area contributed by atoms with E-state index >= 15 is 0 Å². The van der Waals surface area contributed by atoms with Crippen molar-refractivity contribution in [1.82, 2.24) is 9.80 Å². The van der Waals surface area contributed by atoms with E-state index in [1.807, 2.05) is 0 Å². The summed E-state index contributed by atoms with van der Waals surface area (Å²) in [4.78, 5) is 18.0. The van der Waals surface area contributed by atoms with E-state index in [0.29, 0.717) is 17.7 Å². The normalized spacial score (nSPS) is 33.2. The smallest absolute Gasteiger partial charge is 0.226 e. The maximum absolute atomic E-state index is 13.1. The second kappa shape index (κ2) is 7.42. The van der Waals surface area contributed by atoms with Gasteiger partial charge in [0.1, 0.15) is 0 Å². The van der Waals surface area contributed by atoms with E-state index < -0.39 is 0 Å². The molecule has 0 spiro atoms. The van der Waals surface area contributed by atoms with Crippen LogP contribution in [0.5, 0.6) is 0 Å². The molecule has 0 bridgehead atoms. The minimum atomic E-state index is 0.143. The van der Waals surface area contributed by atoms with Crippen molar-refractivity contribution in [1.29, 1.82) is 0 Å². The Balaban J connectivity index is 1.54. The first-order valence-electron chi connectivity index (χ1n) is 10.4. The third-order valence-corrected chi connectivity index (χ3v) is 6.91. The summed E-state index contributed by atoms with van der Waals surface area (Å²) in [6, 6.07) is 0. The summed E-state index contributed by atoms with van der Waals surface area (Å²) in [5.41, 5.74) is 1.48. The molecule has 2 aliphatic heterocycles. The molecular weight excluding hydrogens is 308 g/mol. The van der Waals surface area contributed by atoms with Gasteiger partial charge in [0.05, 0.1) is 5.92 Å². The summed E-state index contributed by atoms with van der Waals surface area (Å²) in [6.45, 7) is 16.8. The largest absolute Gasteiger partial charge is 0.342 e. The highest BCUT2D eigenvalue weighted by atomic mass is 16.2. The predicted molar refractivity (Wildman–Crippen MR) is 104 cm³/mol. The van der Waals surface area contributed by atoms with Crippen LogP contribution in [-0.2, 0) is 4.79 Å². The van der Waals surface area contributed by atoms with Crippen molar-refractivity contribution in [3.8, 4) is 0 Å². The molecule has 142 valence electrons. The maximum Gasteiger partial charge on any atom is 0.226 e. The van der Waals surface area contributed by atoms with Gasteiger partial charge in [-0.15, -0.1) is 0 Å². The molecule has 3 atom stereocenters. The molecule has 25 heavy (non-hydrogen) atoms. The Kier molecular flexibility index (Phi) is 5.63. The third-order valence-electron chi connectivity index (χ3n) is 6.91. The van der Waals surface area contributed by atoms with Crippen LogP contribution in [0.15, 0.2) is 11.6 Å². The van der Waals surface area contributed by atoms with E-state index in [4.69, 9.17) is 0 Å². The molecule has 3 fully saturated rings. The molecule has 0 N–H and O–H groups in total. The van der Waals surface area contributed by atoms with E-state index in [0.717, 1.165) is 19.0 Å². The molecule has 2 saturated heterocycles. The van der Waals surface area contributed by atoms with E-state index in [2.05, 4.69) is 50.5 Å². The van der Waals surface area contributed by atoms with Gasteiger partial charge in [-0.1, -0.05) is 32.4 Å². The summed E-state index contributed by atoms with van der Waals surface area (Å²) in [5, 5.41) is 0. The van der Waals surface area contributed by atoms with Crippen LogP contribution in [-0.4, -0.2) is 48.4 Å². The highest BCUT2D eigenvalue weighted by Crippen LogP contribution is 2.60. The molecule has 3 nitrogen and oxygen atoms in total. The zero-order valence-corrected chi connectivity index (χ0v) is 17.1. The van der Waals surface area contributed by atoms with Crippen molar-refractivity contribution in [3.63, 3.8) is 0 Å². The Labute approximate surface area is 154 Å². The quantitative estimate of drug-likeness (QED) is 0.713. The van der Waals surface area contributed by atoms with Crippen LogP contribution in [0.3, 0.4) is 0 Å². The molecule has 0 aromatic carbocycles. The first-order valence-corrected chi connectivity index (χ1v) is 10.4. The zero-order chi connectivity index (χ0) is 18.2. The average Bonchev–Trinajstić information content (AvgIpc) is 3.09. The lowest BCUT2D eigenvalue weighted by molar-refractivity contribution is -0.135. The number of piperidine rings is 2. The SMILES string of the molecule is CC(C)=C[C@@H]1[C@H](C(=O)N2CCC[C@H](CN3CCC(C)CC3)C2)C1(C)C. The van der Waals surface area contributed by atoms with Gasteiger partial charge >= 0.3 is 0 Å². The lowest BCUT2D eigenvalue weighted by atomic mass is 9.94. The van der Waals surface area contributed by atoms with Gasteiger partial charge < -0.3 is 9.80 Å². The minimum Gasteiger partial charge on any atom is -0.342 e. The van der Waals surface area contributed by atoms with Crippen LogP contribution in [0.4, 0.5) is 0 Å². The van der Waals surface area contributed by atoms with Crippen molar-refractivity contribution < 1.29 is 4.79 Å². The number of carbonyl (C=O) groups excluding carboxylic acids is 1. The highest BCUT2D eigenvalue weighted by Gasteiger charge is 2.61. The van der Waals surface area contributed by atoms with E-state index in [-0.39, 0.29) is 11.3 Å². The van der Waals surface area contributed by atoms with Crippen LogP contribution < -0.4 is 0 Å². The lowest BCUT2D eigenvalue weighted by Gasteiger charge is -2.38. The fourth-order valence-corrected chi connectivity index (χ4v) is 5.04. The zero-order valence-electron chi connectivity index (χ0n) is 17.1. The Bertz CT molecular complexity index is 512. The lowest BCUT2D eigenvalue weighted by Crippen LogP contribution is -2.46. The molecular formula is C22H38N2O. The topological polar surface area (TPSA) is 23.6 Å². The fraction of sp³-hybridized carbons (Fsp3) is 0.864. The van der Waals surface area contributed by atoms with Gasteiger partial charge in [0.15, 0.2) is 0 Å². The van der Waals surface area contributed by atoms with E-state index in [9.17, 15) is 4.79 Å². The van der Waals surface area contributed by atoms with Gasteiger partial charge in [0, 0.05) is 19.6 Å². The number of carbonyl (C=O) groups is 1. The van der Waals surface area contributed by atoms with Crippen LogP contribution in [0.2, 0.25) is 0 Å². The number of hydrogen-bond acceptors (Lipinski definition) is 2.